The van der Waals surface area contributed by atoms with Crippen molar-refractivity contribution in [3.8, 4) is 23.0 Å². The largest absolute Gasteiger partial charge is 0.493 e. The van der Waals surface area contributed by atoms with E-state index in [-0.39, 0.29) is 19.2 Å². The van der Waals surface area contributed by atoms with Crippen molar-refractivity contribution in [1.82, 2.24) is 5.32 Å². The van der Waals surface area contributed by atoms with Crippen LogP contribution in [0.25, 0.3) is 0 Å². The molecule has 0 aromatic heterocycles. The third kappa shape index (κ3) is 4.30. The number of nitrogens with one attached hydrogen (secondary N) is 2. The molecule has 0 atom stereocenters. The highest BCUT2D eigenvalue weighted by atomic mass is 16.7. The van der Waals surface area contributed by atoms with Crippen LogP contribution >= 0.6 is 0 Å². The zero-order chi connectivity index (χ0) is 18.4. The van der Waals surface area contributed by atoms with Crippen molar-refractivity contribution in [1.29, 1.82) is 0 Å². The molecule has 26 heavy (non-hydrogen) atoms. The Balaban J connectivity index is 1.43. The predicted molar refractivity (Wildman–Crippen MR) is 97.3 cm³/mol. The average Bonchev–Trinajstić information content (AvgIpc) is 3.14. The van der Waals surface area contributed by atoms with Gasteiger partial charge in [-0.25, -0.2) is 0 Å². The van der Waals surface area contributed by atoms with E-state index in [0.29, 0.717) is 30.2 Å². The van der Waals surface area contributed by atoms with Gasteiger partial charge in [0.15, 0.2) is 23.0 Å². The molecule has 2 aromatic rings. The lowest BCUT2D eigenvalue weighted by atomic mass is 10.1. The standard InChI is InChI=1S/C19H22N2O5/c1-23-15-5-3-13(9-17(15)24-2)7-8-20-19(22)11-21-14-4-6-16-18(10-14)26-12-25-16/h3-6,9-10,21H,7-8,11-12H2,1-2H3,(H,20,22). The number of ether oxygens (including phenoxy) is 4. The molecule has 0 aliphatic carbocycles. The number of carbonyl (C=O) groups is 1. The average molecular weight is 358 g/mol. The highest BCUT2D eigenvalue weighted by Gasteiger charge is 2.13. The fourth-order valence-electron chi connectivity index (χ4n) is 2.63. The van der Waals surface area contributed by atoms with Gasteiger partial charge in [0.2, 0.25) is 12.7 Å². The van der Waals surface area contributed by atoms with Crippen molar-refractivity contribution in [3.63, 3.8) is 0 Å². The molecule has 7 nitrogen and oxygen atoms in total. The molecule has 0 saturated heterocycles. The first-order valence-corrected chi connectivity index (χ1v) is 8.30. The molecule has 0 radical (unpaired) electrons. The summed E-state index contributed by atoms with van der Waals surface area (Å²) < 4.78 is 21.1. The molecule has 1 amide bonds. The van der Waals surface area contributed by atoms with Crippen LogP contribution < -0.4 is 29.6 Å². The van der Waals surface area contributed by atoms with Crippen LogP contribution in [0.1, 0.15) is 5.56 Å². The van der Waals surface area contributed by atoms with Crippen LogP contribution in [0.15, 0.2) is 36.4 Å². The maximum atomic E-state index is 12.0. The second kappa shape index (κ2) is 8.33. The van der Waals surface area contributed by atoms with E-state index in [2.05, 4.69) is 10.6 Å². The van der Waals surface area contributed by atoms with Crippen molar-refractivity contribution in [2.45, 2.75) is 6.42 Å². The SMILES string of the molecule is COc1ccc(CCNC(=O)CNc2ccc3c(c2)OCO3)cc1OC. The number of methoxy groups -OCH3 is 2. The number of anilines is 1. The molecule has 3 rings (SSSR count). The Morgan fingerprint density at radius 1 is 1.04 bits per heavy atom. The maximum absolute atomic E-state index is 12.0. The molecule has 2 N–H and O–H groups in total. The molecular weight excluding hydrogens is 336 g/mol. The minimum atomic E-state index is -0.0804. The Morgan fingerprint density at radius 3 is 2.65 bits per heavy atom. The number of hydrogen-bond donors (Lipinski definition) is 2. The van der Waals surface area contributed by atoms with Crippen LogP contribution in [0.3, 0.4) is 0 Å². The number of rotatable bonds is 8. The minimum absolute atomic E-state index is 0.0804. The highest BCUT2D eigenvalue weighted by Crippen LogP contribution is 2.34. The van der Waals surface area contributed by atoms with Crippen LogP contribution in [0.2, 0.25) is 0 Å². The van der Waals surface area contributed by atoms with Crippen molar-refractivity contribution >= 4 is 11.6 Å². The fraction of sp³-hybridized carbons (Fsp3) is 0.316. The molecule has 0 bridgehead atoms. The Kier molecular flexibility index (Phi) is 5.68. The van der Waals surface area contributed by atoms with Gasteiger partial charge in [0.05, 0.1) is 20.8 Å². The summed E-state index contributed by atoms with van der Waals surface area (Å²) >= 11 is 0. The summed E-state index contributed by atoms with van der Waals surface area (Å²) in [4.78, 5) is 12.0. The van der Waals surface area contributed by atoms with Crippen LogP contribution in [0.5, 0.6) is 23.0 Å². The smallest absolute Gasteiger partial charge is 0.239 e. The zero-order valence-electron chi connectivity index (χ0n) is 14.8. The monoisotopic (exact) mass is 358 g/mol. The van der Waals surface area contributed by atoms with Gasteiger partial charge >= 0.3 is 0 Å². The van der Waals surface area contributed by atoms with Gasteiger partial charge < -0.3 is 29.6 Å². The van der Waals surface area contributed by atoms with Crippen molar-refractivity contribution in [2.75, 3.05) is 39.4 Å². The van der Waals surface area contributed by atoms with E-state index < -0.39 is 0 Å². The van der Waals surface area contributed by atoms with Crippen molar-refractivity contribution in [3.05, 3.63) is 42.0 Å². The number of amides is 1. The van der Waals surface area contributed by atoms with Crippen LogP contribution in [0, 0.1) is 0 Å². The van der Waals surface area contributed by atoms with E-state index in [4.69, 9.17) is 18.9 Å². The first kappa shape index (κ1) is 17.7. The summed E-state index contributed by atoms with van der Waals surface area (Å²) in [6.45, 7) is 0.956. The van der Waals surface area contributed by atoms with Crippen molar-refractivity contribution in [2.24, 2.45) is 0 Å². The van der Waals surface area contributed by atoms with Gasteiger partial charge in [-0.3, -0.25) is 4.79 Å². The lowest BCUT2D eigenvalue weighted by Crippen LogP contribution is -2.31. The Hall–Kier alpha value is -3.09. The quantitative estimate of drug-likeness (QED) is 0.753. The number of fused-ring (bicyclic) bond motifs is 1. The molecule has 7 heteroatoms. The van der Waals surface area contributed by atoms with E-state index in [0.717, 1.165) is 17.0 Å². The number of hydrogen-bond acceptors (Lipinski definition) is 6. The van der Waals surface area contributed by atoms with Crippen LogP contribution in [-0.2, 0) is 11.2 Å². The fourth-order valence-corrected chi connectivity index (χ4v) is 2.63. The summed E-state index contributed by atoms with van der Waals surface area (Å²) in [6, 6.07) is 11.2. The molecule has 2 aromatic carbocycles. The summed E-state index contributed by atoms with van der Waals surface area (Å²) in [5.74, 6) is 2.69. The van der Waals surface area contributed by atoms with Gasteiger partial charge in [-0.05, 0) is 36.2 Å². The van der Waals surface area contributed by atoms with Gasteiger partial charge in [-0.1, -0.05) is 6.07 Å². The lowest BCUT2D eigenvalue weighted by molar-refractivity contribution is -0.119. The maximum Gasteiger partial charge on any atom is 0.239 e. The van der Waals surface area contributed by atoms with Gasteiger partial charge in [0, 0.05) is 18.3 Å². The molecule has 1 aliphatic rings. The zero-order valence-corrected chi connectivity index (χ0v) is 14.8. The van der Waals surface area contributed by atoms with Gasteiger partial charge in [-0.2, -0.15) is 0 Å². The lowest BCUT2D eigenvalue weighted by Gasteiger charge is -2.11. The second-order valence-electron chi connectivity index (χ2n) is 5.71. The third-order valence-electron chi connectivity index (χ3n) is 4.01. The summed E-state index contributed by atoms with van der Waals surface area (Å²) in [5, 5.41) is 5.96. The Labute approximate surface area is 152 Å². The topological polar surface area (TPSA) is 78.1 Å². The number of carbonyl (C=O) groups excluding carboxylic acids is 1. The van der Waals surface area contributed by atoms with Gasteiger partial charge in [0.1, 0.15) is 0 Å². The molecule has 0 unspecified atom stereocenters. The van der Waals surface area contributed by atoms with Crippen LogP contribution in [-0.4, -0.2) is 40.0 Å². The summed E-state index contributed by atoms with van der Waals surface area (Å²) in [6.07, 6.45) is 0.704. The molecule has 138 valence electrons. The van der Waals surface area contributed by atoms with E-state index in [1.807, 2.05) is 36.4 Å². The minimum Gasteiger partial charge on any atom is -0.493 e. The highest BCUT2D eigenvalue weighted by molar-refractivity contribution is 5.80. The normalized spacial score (nSPS) is 11.8. The second-order valence-corrected chi connectivity index (χ2v) is 5.71. The summed E-state index contributed by atoms with van der Waals surface area (Å²) in [7, 11) is 3.20. The van der Waals surface area contributed by atoms with E-state index in [1.165, 1.54) is 0 Å². The van der Waals surface area contributed by atoms with Crippen molar-refractivity contribution < 1.29 is 23.7 Å². The molecule has 0 spiro atoms. The Morgan fingerprint density at radius 2 is 1.85 bits per heavy atom. The van der Waals surface area contributed by atoms with Crippen LogP contribution in [0.4, 0.5) is 5.69 Å². The molecule has 1 aliphatic heterocycles. The first-order valence-electron chi connectivity index (χ1n) is 8.30. The molecule has 0 saturated carbocycles. The Bertz CT molecular complexity index is 779. The van der Waals surface area contributed by atoms with E-state index >= 15 is 0 Å². The molecule has 0 fully saturated rings. The van der Waals surface area contributed by atoms with Gasteiger partial charge in [-0.15, -0.1) is 0 Å². The third-order valence-corrected chi connectivity index (χ3v) is 4.01. The van der Waals surface area contributed by atoms with E-state index in [1.54, 1.807) is 14.2 Å². The van der Waals surface area contributed by atoms with Gasteiger partial charge in [0.25, 0.3) is 0 Å². The first-order chi connectivity index (χ1) is 12.7. The van der Waals surface area contributed by atoms with E-state index in [9.17, 15) is 4.79 Å². The molecule has 1 heterocycles. The molecular formula is C19H22N2O5. The predicted octanol–water partition coefficient (Wildman–Crippen LogP) is 2.20. The number of benzene rings is 2. The summed E-state index contributed by atoms with van der Waals surface area (Å²) in [5.41, 5.74) is 1.87.